The van der Waals surface area contributed by atoms with Gasteiger partial charge in [0.1, 0.15) is 23.0 Å². The van der Waals surface area contributed by atoms with Crippen molar-refractivity contribution in [2.24, 2.45) is 5.10 Å². The Morgan fingerprint density at radius 1 is 1.06 bits per heavy atom. The Labute approximate surface area is 194 Å². The van der Waals surface area contributed by atoms with Gasteiger partial charge in [-0.15, -0.1) is 0 Å². The predicted molar refractivity (Wildman–Crippen MR) is 127 cm³/mol. The quantitative estimate of drug-likeness (QED) is 0.374. The highest BCUT2D eigenvalue weighted by Crippen LogP contribution is 2.48. The van der Waals surface area contributed by atoms with E-state index in [4.69, 9.17) is 23.7 Å². The molecule has 0 unspecified atom stereocenters. The summed E-state index contributed by atoms with van der Waals surface area (Å²) in [4.78, 5) is 0. The molecular weight excluding hydrogens is 416 g/mol. The maximum absolute atomic E-state index is 6.47. The second-order valence-corrected chi connectivity index (χ2v) is 8.53. The first kappa shape index (κ1) is 21.4. The molecule has 0 N–H and O–H groups in total. The molecule has 0 radical (unpaired) electrons. The average Bonchev–Trinajstić information content (AvgIpc) is 3.48. The molecule has 6 nitrogen and oxygen atoms in total. The van der Waals surface area contributed by atoms with Gasteiger partial charge in [0.25, 0.3) is 0 Å². The summed E-state index contributed by atoms with van der Waals surface area (Å²) in [5, 5.41) is 7.01. The first-order chi connectivity index (χ1) is 16.2. The SMILES string of the molecule is CCCCCOc1ccc([C@@H]2Oc3ccccc3[C@H]3CC(c4ccc(C)o4)=NN32)cc1OC. The van der Waals surface area contributed by atoms with Gasteiger partial charge in [0, 0.05) is 17.5 Å². The van der Waals surface area contributed by atoms with E-state index in [1.54, 1.807) is 7.11 Å². The van der Waals surface area contributed by atoms with Gasteiger partial charge < -0.3 is 18.6 Å². The second-order valence-electron chi connectivity index (χ2n) is 8.53. The van der Waals surface area contributed by atoms with Crippen LogP contribution in [-0.4, -0.2) is 24.4 Å². The molecule has 0 spiro atoms. The average molecular weight is 447 g/mol. The summed E-state index contributed by atoms with van der Waals surface area (Å²) in [7, 11) is 1.67. The van der Waals surface area contributed by atoms with Gasteiger partial charge in [-0.2, -0.15) is 5.10 Å². The number of methoxy groups -OCH3 is 1. The number of aryl methyl sites for hydroxylation is 1. The van der Waals surface area contributed by atoms with Crippen LogP contribution in [0.15, 0.2) is 64.1 Å². The number of hydrazone groups is 1. The molecule has 2 atom stereocenters. The summed E-state index contributed by atoms with van der Waals surface area (Å²) in [5.41, 5.74) is 3.03. The van der Waals surface area contributed by atoms with Crippen molar-refractivity contribution < 1.29 is 18.6 Å². The lowest BCUT2D eigenvalue weighted by atomic mass is 9.97. The molecule has 3 heterocycles. The third-order valence-corrected chi connectivity index (χ3v) is 6.20. The number of ether oxygens (including phenoxy) is 3. The predicted octanol–water partition coefficient (Wildman–Crippen LogP) is 6.41. The highest BCUT2D eigenvalue weighted by atomic mass is 16.5. The van der Waals surface area contributed by atoms with E-state index in [1.807, 2.05) is 60.5 Å². The number of hydrogen-bond acceptors (Lipinski definition) is 6. The molecule has 0 aliphatic carbocycles. The van der Waals surface area contributed by atoms with Gasteiger partial charge in [0.2, 0.25) is 6.23 Å². The topological polar surface area (TPSA) is 56.4 Å². The Balaban J connectivity index is 1.47. The van der Waals surface area contributed by atoms with E-state index in [1.165, 1.54) is 0 Å². The van der Waals surface area contributed by atoms with Crippen molar-refractivity contribution in [3.63, 3.8) is 0 Å². The van der Waals surface area contributed by atoms with Gasteiger partial charge in [0.05, 0.1) is 19.8 Å². The van der Waals surface area contributed by atoms with Crippen molar-refractivity contribution in [1.82, 2.24) is 5.01 Å². The number of nitrogens with zero attached hydrogens (tertiary/aromatic N) is 2. The molecule has 3 aromatic rings. The van der Waals surface area contributed by atoms with E-state index in [-0.39, 0.29) is 12.3 Å². The standard InChI is InChI=1S/C27H30N2O4/c1-4-5-8-15-31-25-14-12-19(16-26(25)30-3)27-29-22(20-9-6-7-10-23(20)33-27)17-21(28-29)24-13-11-18(2)32-24/h6-7,9-14,16,22,27H,4-5,8,15,17H2,1-3H3/t22-,27+/m1/s1. The third-order valence-electron chi connectivity index (χ3n) is 6.20. The minimum Gasteiger partial charge on any atom is -0.493 e. The maximum atomic E-state index is 6.47. The zero-order valence-electron chi connectivity index (χ0n) is 19.4. The normalized spacial score (nSPS) is 18.9. The third kappa shape index (κ3) is 4.17. The molecule has 0 amide bonds. The monoisotopic (exact) mass is 446 g/mol. The minimum absolute atomic E-state index is 0.0799. The van der Waals surface area contributed by atoms with E-state index in [0.717, 1.165) is 65.5 Å². The molecule has 0 fully saturated rings. The summed E-state index contributed by atoms with van der Waals surface area (Å²) in [6.07, 6.45) is 3.74. The lowest BCUT2D eigenvalue weighted by Gasteiger charge is -2.38. The first-order valence-electron chi connectivity index (χ1n) is 11.7. The summed E-state index contributed by atoms with van der Waals surface area (Å²) in [5.74, 6) is 4.03. The van der Waals surface area contributed by atoms with Crippen molar-refractivity contribution in [1.29, 1.82) is 0 Å². The van der Waals surface area contributed by atoms with E-state index >= 15 is 0 Å². The number of furan rings is 1. The Morgan fingerprint density at radius 3 is 2.73 bits per heavy atom. The van der Waals surface area contributed by atoms with Crippen molar-refractivity contribution in [2.45, 2.75) is 51.8 Å². The summed E-state index contributed by atoms with van der Waals surface area (Å²) < 4.78 is 24.0. The number of benzene rings is 2. The highest BCUT2D eigenvalue weighted by molar-refractivity contribution is 5.99. The fourth-order valence-corrected chi connectivity index (χ4v) is 4.48. The second kappa shape index (κ2) is 9.22. The molecular formula is C27H30N2O4. The fourth-order valence-electron chi connectivity index (χ4n) is 4.48. The minimum atomic E-state index is -0.374. The van der Waals surface area contributed by atoms with Gasteiger partial charge in [0.15, 0.2) is 11.5 Å². The van der Waals surface area contributed by atoms with Crippen LogP contribution in [0.25, 0.3) is 0 Å². The van der Waals surface area contributed by atoms with Crippen LogP contribution in [0.1, 0.15) is 67.5 Å². The van der Waals surface area contributed by atoms with Gasteiger partial charge in [-0.25, -0.2) is 5.01 Å². The number of para-hydroxylation sites is 1. The Bertz CT molecular complexity index is 1150. The van der Waals surface area contributed by atoms with Gasteiger partial charge in [-0.1, -0.05) is 38.0 Å². The van der Waals surface area contributed by atoms with Crippen LogP contribution in [0.4, 0.5) is 0 Å². The maximum Gasteiger partial charge on any atom is 0.214 e. The van der Waals surface area contributed by atoms with Crippen LogP contribution < -0.4 is 14.2 Å². The van der Waals surface area contributed by atoms with Crippen LogP contribution in [0.3, 0.4) is 0 Å². The smallest absolute Gasteiger partial charge is 0.214 e. The molecule has 0 saturated carbocycles. The van der Waals surface area contributed by atoms with Crippen molar-refractivity contribution in [3.8, 4) is 17.2 Å². The van der Waals surface area contributed by atoms with Crippen LogP contribution in [0.2, 0.25) is 0 Å². The molecule has 5 rings (SSSR count). The first-order valence-corrected chi connectivity index (χ1v) is 11.7. The van der Waals surface area contributed by atoms with E-state index in [9.17, 15) is 0 Å². The lowest BCUT2D eigenvalue weighted by molar-refractivity contribution is -0.0191. The van der Waals surface area contributed by atoms with Crippen molar-refractivity contribution in [2.75, 3.05) is 13.7 Å². The summed E-state index contributed by atoms with van der Waals surface area (Å²) in [6, 6.07) is 18.2. The molecule has 2 aliphatic heterocycles. The summed E-state index contributed by atoms with van der Waals surface area (Å²) >= 11 is 0. The van der Waals surface area contributed by atoms with Gasteiger partial charge in [-0.3, -0.25) is 0 Å². The highest BCUT2D eigenvalue weighted by Gasteiger charge is 2.41. The Hall–Kier alpha value is -3.41. The number of hydrogen-bond donors (Lipinski definition) is 0. The van der Waals surface area contributed by atoms with Crippen molar-refractivity contribution in [3.05, 3.63) is 77.2 Å². The molecule has 0 saturated heterocycles. The molecule has 6 heteroatoms. The Morgan fingerprint density at radius 2 is 1.94 bits per heavy atom. The molecule has 2 aliphatic rings. The van der Waals surface area contributed by atoms with E-state index in [0.29, 0.717) is 12.4 Å². The largest absolute Gasteiger partial charge is 0.493 e. The summed E-state index contributed by atoms with van der Waals surface area (Å²) in [6.45, 7) is 4.82. The Kier molecular flexibility index (Phi) is 5.99. The van der Waals surface area contributed by atoms with Gasteiger partial charge in [-0.05, 0) is 49.7 Å². The van der Waals surface area contributed by atoms with E-state index in [2.05, 4.69) is 13.0 Å². The zero-order valence-corrected chi connectivity index (χ0v) is 19.4. The molecule has 2 aromatic carbocycles. The lowest BCUT2D eigenvalue weighted by Crippen LogP contribution is -2.33. The molecule has 172 valence electrons. The van der Waals surface area contributed by atoms with Gasteiger partial charge >= 0.3 is 0 Å². The van der Waals surface area contributed by atoms with Crippen LogP contribution >= 0.6 is 0 Å². The van der Waals surface area contributed by atoms with E-state index < -0.39 is 0 Å². The van der Waals surface area contributed by atoms with Crippen LogP contribution in [-0.2, 0) is 0 Å². The number of unbranched alkanes of at least 4 members (excludes halogenated alkanes) is 2. The number of rotatable bonds is 8. The molecule has 33 heavy (non-hydrogen) atoms. The number of fused-ring (bicyclic) bond motifs is 3. The fraction of sp³-hybridized carbons (Fsp3) is 0.370. The molecule has 0 bridgehead atoms. The van der Waals surface area contributed by atoms with Crippen LogP contribution in [0.5, 0.6) is 17.2 Å². The van der Waals surface area contributed by atoms with Crippen LogP contribution in [0, 0.1) is 6.92 Å². The zero-order chi connectivity index (χ0) is 22.8. The van der Waals surface area contributed by atoms with Crippen molar-refractivity contribution >= 4 is 5.71 Å². The molecule has 1 aromatic heterocycles.